The molecule has 2 aromatic rings. The zero-order valence-corrected chi connectivity index (χ0v) is 15.0. The number of nitrogens with zero attached hydrogens (tertiary/aromatic N) is 1. The number of rotatable bonds is 8. The van der Waals surface area contributed by atoms with Crippen molar-refractivity contribution in [3.8, 4) is 5.75 Å². The van der Waals surface area contributed by atoms with Crippen molar-refractivity contribution in [2.75, 3.05) is 25.5 Å². The number of aryl methyl sites for hydroxylation is 1. The standard InChI is InChI=1S/C20H23FN2O3/c1-15-6-3-9-18(12-15)26-11-5-10-20(25)23(2)14-19(24)22-17-8-4-7-16(21)13-17/h3-4,6-9,12-13H,5,10-11,14H2,1-2H3,(H,22,24). The first-order valence-electron chi connectivity index (χ1n) is 8.43. The van der Waals surface area contributed by atoms with Gasteiger partial charge in [0.1, 0.15) is 11.6 Å². The Morgan fingerprint density at radius 3 is 2.65 bits per heavy atom. The van der Waals surface area contributed by atoms with E-state index in [1.54, 1.807) is 13.1 Å². The normalized spacial score (nSPS) is 10.3. The van der Waals surface area contributed by atoms with Crippen molar-refractivity contribution in [1.82, 2.24) is 4.90 Å². The van der Waals surface area contributed by atoms with E-state index >= 15 is 0 Å². The van der Waals surface area contributed by atoms with E-state index in [9.17, 15) is 14.0 Å². The highest BCUT2D eigenvalue weighted by Crippen LogP contribution is 2.13. The number of hydrogen-bond acceptors (Lipinski definition) is 3. The van der Waals surface area contributed by atoms with Crippen LogP contribution in [0.2, 0.25) is 0 Å². The third-order valence-corrected chi connectivity index (χ3v) is 3.71. The predicted molar refractivity (Wildman–Crippen MR) is 98.6 cm³/mol. The number of hydrogen-bond donors (Lipinski definition) is 1. The van der Waals surface area contributed by atoms with E-state index in [1.807, 2.05) is 31.2 Å². The molecule has 0 saturated carbocycles. The average Bonchev–Trinajstić information content (AvgIpc) is 2.58. The van der Waals surface area contributed by atoms with Crippen LogP contribution in [0.25, 0.3) is 0 Å². The Bertz CT molecular complexity index is 764. The molecule has 0 saturated heterocycles. The molecule has 5 nitrogen and oxygen atoms in total. The van der Waals surface area contributed by atoms with E-state index in [2.05, 4.69) is 5.32 Å². The maximum absolute atomic E-state index is 13.1. The highest BCUT2D eigenvalue weighted by molar-refractivity contribution is 5.94. The number of ether oxygens (including phenoxy) is 1. The SMILES string of the molecule is Cc1cccc(OCCCC(=O)N(C)CC(=O)Nc2cccc(F)c2)c1. The summed E-state index contributed by atoms with van der Waals surface area (Å²) in [5.74, 6) is -0.171. The maximum atomic E-state index is 13.1. The first-order valence-corrected chi connectivity index (χ1v) is 8.43. The number of amides is 2. The van der Waals surface area contributed by atoms with Gasteiger partial charge in [-0.2, -0.15) is 0 Å². The molecule has 1 N–H and O–H groups in total. The van der Waals surface area contributed by atoms with Crippen molar-refractivity contribution >= 4 is 17.5 Å². The first kappa shape index (κ1) is 19.4. The fourth-order valence-electron chi connectivity index (χ4n) is 2.38. The van der Waals surface area contributed by atoms with Crippen LogP contribution in [-0.2, 0) is 9.59 Å². The molecule has 0 aromatic heterocycles. The van der Waals surface area contributed by atoms with Gasteiger partial charge in [0.05, 0.1) is 13.2 Å². The molecule has 2 rings (SSSR count). The van der Waals surface area contributed by atoms with Gasteiger partial charge >= 0.3 is 0 Å². The van der Waals surface area contributed by atoms with Gasteiger partial charge in [-0.05, 0) is 49.2 Å². The quantitative estimate of drug-likeness (QED) is 0.736. The van der Waals surface area contributed by atoms with E-state index in [4.69, 9.17) is 4.74 Å². The lowest BCUT2D eigenvalue weighted by Crippen LogP contribution is -2.35. The van der Waals surface area contributed by atoms with Gasteiger partial charge in [-0.1, -0.05) is 18.2 Å². The predicted octanol–water partition coefficient (Wildman–Crippen LogP) is 3.39. The number of carbonyl (C=O) groups excluding carboxylic acids is 2. The van der Waals surface area contributed by atoms with Crippen LogP contribution in [0.5, 0.6) is 5.75 Å². The Labute approximate surface area is 152 Å². The van der Waals surface area contributed by atoms with Gasteiger partial charge in [0, 0.05) is 19.2 Å². The van der Waals surface area contributed by atoms with Crippen molar-refractivity contribution in [3.05, 3.63) is 59.9 Å². The lowest BCUT2D eigenvalue weighted by Gasteiger charge is -2.17. The summed E-state index contributed by atoms with van der Waals surface area (Å²) in [7, 11) is 1.56. The van der Waals surface area contributed by atoms with Gasteiger partial charge in [0.2, 0.25) is 11.8 Å². The minimum atomic E-state index is -0.430. The summed E-state index contributed by atoms with van der Waals surface area (Å²) < 4.78 is 18.7. The molecule has 0 atom stereocenters. The molecule has 26 heavy (non-hydrogen) atoms. The van der Waals surface area contributed by atoms with Crippen LogP contribution in [0, 0.1) is 12.7 Å². The van der Waals surface area contributed by atoms with Crippen molar-refractivity contribution in [1.29, 1.82) is 0 Å². The second-order valence-electron chi connectivity index (χ2n) is 6.08. The minimum absolute atomic E-state index is 0.0892. The number of anilines is 1. The summed E-state index contributed by atoms with van der Waals surface area (Å²) in [6, 6.07) is 13.3. The van der Waals surface area contributed by atoms with Crippen molar-refractivity contribution in [2.24, 2.45) is 0 Å². The highest BCUT2D eigenvalue weighted by atomic mass is 19.1. The molecule has 0 spiro atoms. The zero-order valence-electron chi connectivity index (χ0n) is 15.0. The molecule has 0 aliphatic rings. The van der Waals surface area contributed by atoms with Gasteiger partial charge in [0.15, 0.2) is 0 Å². The van der Waals surface area contributed by atoms with Crippen LogP contribution in [0.15, 0.2) is 48.5 Å². The van der Waals surface area contributed by atoms with Crippen LogP contribution in [-0.4, -0.2) is 36.9 Å². The van der Waals surface area contributed by atoms with Gasteiger partial charge in [-0.15, -0.1) is 0 Å². The smallest absolute Gasteiger partial charge is 0.243 e. The van der Waals surface area contributed by atoms with Crippen molar-refractivity contribution in [2.45, 2.75) is 19.8 Å². The van der Waals surface area contributed by atoms with Gasteiger partial charge in [0.25, 0.3) is 0 Å². The number of nitrogens with one attached hydrogen (secondary N) is 1. The minimum Gasteiger partial charge on any atom is -0.494 e. The Hall–Kier alpha value is -2.89. The Kier molecular flexibility index (Phi) is 7.14. The topological polar surface area (TPSA) is 58.6 Å². The number of halogens is 1. The lowest BCUT2D eigenvalue weighted by molar-refractivity contribution is -0.133. The average molecular weight is 358 g/mol. The van der Waals surface area contributed by atoms with Crippen LogP contribution in [0.3, 0.4) is 0 Å². The molecule has 0 bridgehead atoms. The Morgan fingerprint density at radius 1 is 1.15 bits per heavy atom. The van der Waals surface area contributed by atoms with Gasteiger partial charge in [-0.25, -0.2) is 4.39 Å². The summed E-state index contributed by atoms with van der Waals surface area (Å²) in [4.78, 5) is 25.4. The molecular weight excluding hydrogens is 335 g/mol. The fraction of sp³-hybridized carbons (Fsp3) is 0.300. The summed E-state index contributed by atoms with van der Waals surface area (Å²) >= 11 is 0. The van der Waals surface area contributed by atoms with Crippen molar-refractivity contribution < 1.29 is 18.7 Å². The molecule has 2 amide bonds. The Balaban J connectivity index is 1.69. The molecule has 0 aliphatic heterocycles. The molecule has 2 aromatic carbocycles. The third kappa shape index (κ3) is 6.55. The summed E-state index contributed by atoms with van der Waals surface area (Å²) in [6.07, 6.45) is 0.845. The van der Waals surface area contributed by atoms with Crippen molar-refractivity contribution in [3.63, 3.8) is 0 Å². The molecule has 0 aliphatic carbocycles. The van der Waals surface area contributed by atoms with E-state index in [0.29, 0.717) is 18.7 Å². The second kappa shape index (κ2) is 9.56. The lowest BCUT2D eigenvalue weighted by atomic mass is 10.2. The molecule has 6 heteroatoms. The van der Waals surface area contributed by atoms with Crippen LogP contribution >= 0.6 is 0 Å². The molecule has 0 radical (unpaired) electrons. The molecular formula is C20H23FN2O3. The zero-order chi connectivity index (χ0) is 18.9. The summed E-state index contributed by atoms with van der Waals surface area (Å²) in [5.41, 5.74) is 1.48. The monoisotopic (exact) mass is 358 g/mol. The highest BCUT2D eigenvalue weighted by Gasteiger charge is 2.13. The maximum Gasteiger partial charge on any atom is 0.243 e. The molecule has 0 fully saturated rings. The summed E-state index contributed by atoms with van der Waals surface area (Å²) in [5, 5.41) is 2.57. The van der Waals surface area contributed by atoms with Crippen LogP contribution < -0.4 is 10.1 Å². The Morgan fingerprint density at radius 2 is 1.92 bits per heavy atom. The summed E-state index contributed by atoms with van der Waals surface area (Å²) in [6.45, 7) is 2.33. The van der Waals surface area contributed by atoms with Crippen LogP contribution in [0.1, 0.15) is 18.4 Å². The molecule has 138 valence electrons. The second-order valence-corrected chi connectivity index (χ2v) is 6.08. The van der Waals surface area contributed by atoms with E-state index in [-0.39, 0.29) is 24.8 Å². The molecule has 0 heterocycles. The largest absolute Gasteiger partial charge is 0.494 e. The van der Waals surface area contributed by atoms with Gasteiger partial charge < -0.3 is 15.0 Å². The van der Waals surface area contributed by atoms with Crippen LogP contribution in [0.4, 0.5) is 10.1 Å². The van der Waals surface area contributed by atoms with E-state index in [1.165, 1.54) is 23.1 Å². The first-order chi connectivity index (χ1) is 12.4. The van der Waals surface area contributed by atoms with E-state index < -0.39 is 5.82 Å². The number of carbonyl (C=O) groups is 2. The number of likely N-dealkylation sites (N-methyl/N-ethyl adjacent to an activating group) is 1. The fourth-order valence-corrected chi connectivity index (χ4v) is 2.38. The van der Waals surface area contributed by atoms with Gasteiger partial charge in [-0.3, -0.25) is 9.59 Å². The molecule has 0 unspecified atom stereocenters. The number of benzene rings is 2. The van der Waals surface area contributed by atoms with E-state index in [0.717, 1.165) is 11.3 Å². The third-order valence-electron chi connectivity index (χ3n) is 3.71.